The Morgan fingerprint density at radius 3 is 2.82 bits per heavy atom. The SMILES string of the molecule is NCCc1ccc2c(c1)CCN2C(=O)CCC1CCCCC1. The summed E-state index contributed by atoms with van der Waals surface area (Å²) in [6.07, 6.45) is 10.5. The van der Waals surface area contributed by atoms with Gasteiger partial charge in [0.1, 0.15) is 0 Å². The minimum Gasteiger partial charge on any atom is -0.330 e. The molecule has 0 spiro atoms. The summed E-state index contributed by atoms with van der Waals surface area (Å²) in [5.74, 6) is 1.10. The zero-order chi connectivity index (χ0) is 15.4. The number of benzene rings is 1. The number of carbonyl (C=O) groups is 1. The van der Waals surface area contributed by atoms with E-state index in [9.17, 15) is 4.79 Å². The molecule has 0 atom stereocenters. The molecule has 1 aliphatic heterocycles. The molecule has 0 radical (unpaired) electrons. The van der Waals surface area contributed by atoms with Crippen LogP contribution in [0.3, 0.4) is 0 Å². The highest BCUT2D eigenvalue weighted by Gasteiger charge is 2.25. The van der Waals surface area contributed by atoms with E-state index in [2.05, 4.69) is 18.2 Å². The first-order valence-electron chi connectivity index (χ1n) is 8.90. The molecule has 0 unspecified atom stereocenters. The van der Waals surface area contributed by atoms with Gasteiger partial charge in [-0.3, -0.25) is 4.79 Å². The van der Waals surface area contributed by atoms with E-state index in [4.69, 9.17) is 5.73 Å². The number of rotatable bonds is 5. The molecule has 1 aromatic rings. The average Bonchev–Trinajstić information content (AvgIpc) is 2.97. The molecule has 0 aromatic heterocycles. The Bertz CT molecular complexity index is 520. The Balaban J connectivity index is 1.58. The molecule has 1 saturated carbocycles. The summed E-state index contributed by atoms with van der Waals surface area (Å²) in [5.41, 5.74) is 9.37. The third kappa shape index (κ3) is 3.52. The summed E-state index contributed by atoms with van der Waals surface area (Å²) < 4.78 is 0. The first-order chi connectivity index (χ1) is 10.8. The minimum absolute atomic E-state index is 0.316. The maximum Gasteiger partial charge on any atom is 0.227 e. The second-order valence-electron chi connectivity index (χ2n) is 6.84. The second-order valence-corrected chi connectivity index (χ2v) is 6.84. The van der Waals surface area contributed by atoms with Gasteiger partial charge in [0, 0.05) is 18.7 Å². The number of hydrogen-bond acceptors (Lipinski definition) is 2. The van der Waals surface area contributed by atoms with E-state index in [-0.39, 0.29) is 0 Å². The van der Waals surface area contributed by atoms with Crippen LogP contribution in [0.1, 0.15) is 56.1 Å². The zero-order valence-electron chi connectivity index (χ0n) is 13.5. The van der Waals surface area contributed by atoms with Crippen LogP contribution in [0.2, 0.25) is 0 Å². The van der Waals surface area contributed by atoms with Gasteiger partial charge in [-0.15, -0.1) is 0 Å². The third-order valence-corrected chi connectivity index (χ3v) is 5.26. The lowest BCUT2D eigenvalue weighted by atomic mass is 9.86. The normalized spacial score (nSPS) is 18.5. The fourth-order valence-electron chi connectivity index (χ4n) is 3.97. The van der Waals surface area contributed by atoms with Crippen LogP contribution < -0.4 is 10.6 Å². The first kappa shape index (κ1) is 15.5. The Hall–Kier alpha value is -1.35. The fraction of sp³-hybridized carbons (Fsp3) is 0.632. The second kappa shape index (κ2) is 7.28. The topological polar surface area (TPSA) is 46.3 Å². The van der Waals surface area contributed by atoms with Gasteiger partial charge in [-0.1, -0.05) is 44.2 Å². The van der Waals surface area contributed by atoms with E-state index < -0.39 is 0 Å². The highest BCUT2D eigenvalue weighted by Crippen LogP contribution is 2.31. The highest BCUT2D eigenvalue weighted by molar-refractivity contribution is 5.95. The lowest BCUT2D eigenvalue weighted by molar-refractivity contribution is -0.118. The van der Waals surface area contributed by atoms with Crippen molar-refractivity contribution in [1.82, 2.24) is 0 Å². The van der Waals surface area contributed by atoms with Crippen molar-refractivity contribution in [3.8, 4) is 0 Å². The molecule has 1 aromatic carbocycles. The quantitative estimate of drug-likeness (QED) is 0.905. The van der Waals surface area contributed by atoms with E-state index in [1.807, 2.05) is 4.90 Å². The maximum absolute atomic E-state index is 12.6. The van der Waals surface area contributed by atoms with Gasteiger partial charge in [-0.25, -0.2) is 0 Å². The van der Waals surface area contributed by atoms with Gasteiger partial charge in [-0.2, -0.15) is 0 Å². The lowest BCUT2D eigenvalue weighted by Gasteiger charge is -2.23. The summed E-state index contributed by atoms with van der Waals surface area (Å²) in [6, 6.07) is 6.47. The summed E-state index contributed by atoms with van der Waals surface area (Å²) in [7, 11) is 0. The first-order valence-corrected chi connectivity index (χ1v) is 8.90. The molecule has 3 nitrogen and oxygen atoms in total. The molecular weight excluding hydrogens is 272 g/mol. The van der Waals surface area contributed by atoms with Gasteiger partial charge in [0.05, 0.1) is 0 Å². The molecule has 0 bridgehead atoms. The summed E-state index contributed by atoms with van der Waals surface area (Å²) in [4.78, 5) is 14.6. The van der Waals surface area contributed by atoms with Crippen LogP contribution in [-0.4, -0.2) is 19.0 Å². The van der Waals surface area contributed by atoms with Gasteiger partial charge in [0.25, 0.3) is 0 Å². The Labute approximate surface area is 133 Å². The van der Waals surface area contributed by atoms with Crippen molar-refractivity contribution in [2.45, 2.75) is 57.8 Å². The molecule has 1 aliphatic carbocycles. The number of carbonyl (C=O) groups excluding carboxylic acids is 1. The molecule has 120 valence electrons. The van der Waals surface area contributed by atoms with Crippen molar-refractivity contribution >= 4 is 11.6 Å². The monoisotopic (exact) mass is 300 g/mol. The van der Waals surface area contributed by atoms with Crippen LogP contribution in [0.25, 0.3) is 0 Å². The van der Waals surface area contributed by atoms with E-state index >= 15 is 0 Å². The van der Waals surface area contributed by atoms with E-state index in [1.165, 1.54) is 43.2 Å². The Kier molecular flexibility index (Phi) is 5.14. The van der Waals surface area contributed by atoms with Gasteiger partial charge >= 0.3 is 0 Å². The van der Waals surface area contributed by atoms with Crippen molar-refractivity contribution in [3.05, 3.63) is 29.3 Å². The van der Waals surface area contributed by atoms with E-state index in [0.717, 1.165) is 37.4 Å². The van der Waals surface area contributed by atoms with Gasteiger partial charge in [-0.05, 0) is 48.9 Å². The van der Waals surface area contributed by atoms with Crippen LogP contribution in [0.15, 0.2) is 18.2 Å². The molecule has 2 N–H and O–H groups in total. The number of nitrogens with zero attached hydrogens (tertiary/aromatic N) is 1. The fourth-order valence-corrected chi connectivity index (χ4v) is 3.97. The molecular formula is C19H28N2O. The van der Waals surface area contributed by atoms with Crippen LogP contribution in [-0.2, 0) is 17.6 Å². The van der Waals surface area contributed by atoms with Crippen LogP contribution >= 0.6 is 0 Å². The molecule has 1 amide bonds. The molecule has 1 heterocycles. The van der Waals surface area contributed by atoms with Gasteiger partial charge < -0.3 is 10.6 Å². The molecule has 2 aliphatic rings. The predicted molar refractivity (Wildman–Crippen MR) is 91.1 cm³/mol. The molecule has 22 heavy (non-hydrogen) atoms. The lowest BCUT2D eigenvalue weighted by Crippen LogP contribution is -2.29. The molecule has 3 rings (SSSR count). The summed E-state index contributed by atoms with van der Waals surface area (Å²) in [5, 5.41) is 0. The molecule has 1 fully saturated rings. The smallest absolute Gasteiger partial charge is 0.227 e. The van der Waals surface area contributed by atoms with Crippen LogP contribution in [0.5, 0.6) is 0 Å². The number of anilines is 1. The van der Waals surface area contributed by atoms with Crippen molar-refractivity contribution in [1.29, 1.82) is 0 Å². The van der Waals surface area contributed by atoms with E-state index in [0.29, 0.717) is 18.9 Å². The van der Waals surface area contributed by atoms with Crippen molar-refractivity contribution < 1.29 is 4.79 Å². The zero-order valence-corrected chi connectivity index (χ0v) is 13.5. The molecule has 0 saturated heterocycles. The largest absolute Gasteiger partial charge is 0.330 e. The molecule has 3 heteroatoms. The number of nitrogens with two attached hydrogens (primary N) is 1. The number of hydrogen-bond donors (Lipinski definition) is 1. The Morgan fingerprint density at radius 2 is 2.05 bits per heavy atom. The van der Waals surface area contributed by atoms with Crippen LogP contribution in [0.4, 0.5) is 5.69 Å². The standard InChI is InChI=1S/C19H28N2O/c20-12-10-16-6-8-18-17(14-16)11-13-21(18)19(22)9-7-15-4-2-1-3-5-15/h6,8,14-15H,1-5,7,9-13,20H2. The highest BCUT2D eigenvalue weighted by atomic mass is 16.2. The number of fused-ring (bicyclic) bond motifs is 1. The van der Waals surface area contributed by atoms with Crippen molar-refractivity contribution in [3.63, 3.8) is 0 Å². The van der Waals surface area contributed by atoms with E-state index in [1.54, 1.807) is 0 Å². The van der Waals surface area contributed by atoms with Crippen LogP contribution in [0, 0.1) is 5.92 Å². The Morgan fingerprint density at radius 1 is 1.23 bits per heavy atom. The number of amides is 1. The van der Waals surface area contributed by atoms with Crippen molar-refractivity contribution in [2.75, 3.05) is 18.0 Å². The average molecular weight is 300 g/mol. The predicted octanol–water partition coefficient (Wildman–Crippen LogP) is 3.44. The maximum atomic E-state index is 12.6. The minimum atomic E-state index is 0.316. The summed E-state index contributed by atoms with van der Waals surface area (Å²) in [6.45, 7) is 1.54. The summed E-state index contributed by atoms with van der Waals surface area (Å²) >= 11 is 0. The van der Waals surface area contributed by atoms with Crippen molar-refractivity contribution in [2.24, 2.45) is 11.7 Å². The van der Waals surface area contributed by atoms with Gasteiger partial charge in [0.15, 0.2) is 0 Å². The third-order valence-electron chi connectivity index (χ3n) is 5.26. The van der Waals surface area contributed by atoms with Gasteiger partial charge in [0.2, 0.25) is 5.91 Å².